The summed E-state index contributed by atoms with van der Waals surface area (Å²) >= 11 is 0. The van der Waals surface area contributed by atoms with Crippen LogP contribution in [0.25, 0.3) is 6.08 Å². The highest BCUT2D eigenvalue weighted by Gasteiger charge is 2.02. The predicted molar refractivity (Wildman–Crippen MR) is 63.9 cm³/mol. The van der Waals surface area contributed by atoms with Gasteiger partial charge < -0.3 is 9.64 Å². The molecule has 1 heterocycles. The Morgan fingerprint density at radius 2 is 2.25 bits per heavy atom. The van der Waals surface area contributed by atoms with Crippen LogP contribution in [0.2, 0.25) is 0 Å². The summed E-state index contributed by atoms with van der Waals surface area (Å²) in [5.74, 6) is 0.335. The number of rotatable bonds is 3. The first-order valence-electron chi connectivity index (χ1n) is 4.73. The largest absolute Gasteiger partial charge is 0.481 e. The Morgan fingerprint density at radius 3 is 2.81 bits per heavy atom. The van der Waals surface area contributed by atoms with Crippen LogP contribution in [0.4, 0.5) is 0 Å². The quantitative estimate of drug-likeness (QED) is 0.527. The number of hydrogen-bond donors (Lipinski definition) is 0. The number of hydrogen-bond acceptors (Lipinski definition) is 3. The van der Waals surface area contributed by atoms with Gasteiger partial charge in [-0.05, 0) is 6.08 Å². The molecule has 1 amide bonds. The molecule has 0 aliphatic heterocycles. The molecule has 0 spiro atoms. The molecule has 1 rings (SSSR count). The van der Waals surface area contributed by atoms with E-state index in [9.17, 15) is 4.79 Å². The van der Waals surface area contributed by atoms with Crippen LogP contribution in [0.3, 0.4) is 0 Å². The van der Waals surface area contributed by atoms with Crippen molar-refractivity contribution in [1.82, 2.24) is 9.88 Å². The highest BCUT2D eigenvalue weighted by atomic mass is 16.5. The molecule has 1 aromatic rings. The molecule has 16 heavy (non-hydrogen) atoms. The van der Waals surface area contributed by atoms with Crippen molar-refractivity contribution in [3.63, 3.8) is 0 Å². The SMILES string of the molecule is [B]c1cnc(OC)c(/C=C/C(=O)N(C)C)c1. The average Bonchev–Trinajstić information content (AvgIpc) is 2.25. The molecular weight excluding hydrogens is 203 g/mol. The summed E-state index contributed by atoms with van der Waals surface area (Å²) in [5.41, 5.74) is 1.20. The summed E-state index contributed by atoms with van der Waals surface area (Å²) in [4.78, 5) is 16.8. The minimum atomic E-state index is -0.107. The highest BCUT2D eigenvalue weighted by molar-refractivity contribution is 6.32. The van der Waals surface area contributed by atoms with Crippen LogP contribution in [-0.4, -0.2) is 44.8 Å². The fourth-order valence-corrected chi connectivity index (χ4v) is 1.09. The van der Waals surface area contributed by atoms with Crippen molar-refractivity contribution in [2.45, 2.75) is 0 Å². The molecule has 0 aliphatic carbocycles. The molecule has 0 saturated carbocycles. The third kappa shape index (κ3) is 3.12. The number of ether oxygens (including phenoxy) is 1. The first-order chi connectivity index (χ1) is 7.54. The molecule has 0 unspecified atom stereocenters. The first-order valence-corrected chi connectivity index (χ1v) is 4.73. The molecule has 0 N–H and O–H groups in total. The maximum atomic E-state index is 11.3. The fraction of sp³-hybridized carbons (Fsp3) is 0.273. The van der Waals surface area contributed by atoms with Gasteiger partial charge in [-0.2, -0.15) is 0 Å². The zero-order chi connectivity index (χ0) is 12.1. The van der Waals surface area contributed by atoms with Gasteiger partial charge >= 0.3 is 0 Å². The number of carbonyl (C=O) groups excluding carboxylic acids is 1. The number of carbonyl (C=O) groups is 1. The molecule has 0 bridgehead atoms. The van der Waals surface area contributed by atoms with Gasteiger partial charge in [0.2, 0.25) is 11.8 Å². The van der Waals surface area contributed by atoms with Gasteiger partial charge in [0.05, 0.1) is 7.11 Å². The van der Waals surface area contributed by atoms with Gasteiger partial charge in [0.25, 0.3) is 0 Å². The van der Waals surface area contributed by atoms with Crippen LogP contribution in [0.1, 0.15) is 5.56 Å². The lowest BCUT2D eigenvalue weighted by atomic mass is 9.97. The van der Waals surface area contributed by atoms with E-state index < -0.39 is 0 Å². The van der Waals surface area contributed by atoms with Gasteiger partial charge in [-0.25, -0.2) is 4.98 Å². The third-order valence-corrected chi connectivity index (χ3v) is 1.94. The fourth-order valence-electron chi connectivity index (χ4n) is 1.09. The highest BCUT2D eigenvalue weighted by Crippen LogP contribution is 2.14. The maximum absolute atomic E-state index is 11.3. The first kappa shape index (κ1) is 12.3. The van der Waals surface area contributed by atoms with E-state index in [0.717, 1.165) is 0 Å². The van der Waals surface area contributed by atoms with Crippen molar-refractivity contribution < 1.29 is 9.53 Å². The summed E-state index contributed by atoms with van der Waals surface area (Å²) < 4.78 is 5.05. The summed E-state index contributed by atoms with van der Waals surface area (Å²) in [5, 5.41) is 0. The van der Waals surface area contributed by atoms with Gasteiger partial charge in [-0.15, -0.1) is 0 Å². The number of amides is 1. The second-order valence-corrected chi connectivity index (χ2v) is 3.43. The van der Waals surface area contributed by atoms with Gasteiger partial charge in [0.15, 0.2) is 0 Å². The lowest BCUT2D eigenvalue weighted by molar-refractivity contribution is -0.123. The molecule has 0 atom stereocenters. The smallest absolute Gasteiger partial charge is 0.246 e. The normalized spacial score (nSPS) is 10.4. The van der Waals surface area contributed by atoms with Crippen LogP contribution in [-0.2, 0) is 4.79 Å². The van der Waals surface area contributed by atoms with Gasteiger partial charge in [0.1, 0.15) is 7.85 Å². The van der Waals surface area contributed by atoms with E-state index in [4.69, 9.17) is 12.6 Å². The van der Waals surface area contributed by atoms with E-state index in [1.807, 2.05) is 0 Å². The lowest BCUT2D eigenvalue weighted by Gasteiger charge is -2.07. The van der Waals surface area contributed by atoms with E-state index in [1.54, 1.807) is 26.2 Å². The molecule has 0 saturated heterocycles. The topological polar surface area (TPSA) is 42.4 Å². The van der Waals surface area contributed by atoms with Gasteiger partial charge in [-0.1, -0.05) is 11.5 Å². The van der Waals surface area contributed by atoms with E-state index in [0.29, 0.717) is 16.9 Å². The van der Waals surface area contributed by atoms with Crippen molar-refractivity contribution in [3.8, 4) is 5.88 Å². The monoisotopic (exact) mass is 216 g/mol. The molecule has 1 aromatic heterocycles. The molecule has 0 aromatic carbocycles. The molecule has 5 heteroatoms. The Kier molecular flexibility index (Phi) is 4.11. The van der Waals surface area contributed by atoms with E-state index in [1.165, 1.54) is 24.3 Å². The van der Waals surface area contributed by atoms with Crippen LogP contribution in [0, 0.1) is 0 Å². The molecule has 4 nitrogen and oxygen atoms in total. The van der Waals surface area contributed by atoms with Crippen LogP contribution < -0.4 is 10.2 Å². The number of aromatic nitrogens is 1. The number of nitrogens with zero attached hydrogens (tertiary/aromatic N) is 2. The van der Waals surface area contributed by atoms with Crippen molar-refractivity contribution in [2.75, 3.05) is 21.2 Å². The minimum Gasteiger partial charge on any atom is -0.481 e. The van der Waals surface area contributed by atoms with E-state index in [-0.39, 0.29) is 5.91 Å². The Morgan fingerprint density at radius 1 is 1.56 bits per heavy atom. The van der Waals surface area contributed by atoms with Crippen LogP contribution >= 0.6 is 0 Å². The Bertz CT molecular complexity index is 416. The Balaban J connectivity index is 2.95. The summed E-state index contributed by atoms with van der Waals surface area (Å²) in [7, 11) is 10.5. The van der Waals surface area contributed by atoms with Gasteiger partial charge in [0, 0.05) is 31.9 Å². The van der Waals surface area contributed by atoms with Crippen LogP contribution in [0.15, 0.2) is 18.3 Å². The second-order valence-electron chi connectivity index (χ2n) is 3.43. The predicted octanol–water partition coefficient (Wildman–Crippen LogP) is -0.0146. The Labute approximate surface area is 96.3 Å². The van der Waals surface area contributed by atoms with Crippen molar-refractivity contribution in [3.05, 3.63) is 23.9 Å². The molecule has 0 aliphatic rings. The molecular formula is C11H13BN2O2. The van der Waals surface area contributed by atoms with Crippen LogP contribution in [0.5, 0.6) is 5.88 Å². The third-order valence-electron chi connectivity index (χ3n) is 1.94. The van der Waals surface area contributed by atoms with E-state index >= 15 is 0 Å². The number of pyridine rings is 1. The summed E-state index contributed by atoms with van der Waals surface area (Å²) in [6.07, 6.45) is 4.58. The summed E-state index contributed by atoms with van der Waals surface area (Å²) in [6.45, 7) is 0. The zero-order valence-corrected chi connectivity index (χ0v) is 9.60. The van der Waals surface area contributed by atoms with E-state index in [2.05, 4.69) is 4.98 Å². The standard InChI is InChI=1S/C11H13BN2O2/c1-14(2)10(15)5-4-8-6-9(12)7-13-11(8)16-3/h4-7H,1-3H3/b5-4+. The average molecular weight is 216 g/mol. The molecule has 2 radical (unpaired) electrons. The molecule has 0 fully saturated rings. The minimum absolute atomic E-state index is 0.107. The zero-order valence-electron chi connectivity index (χ0n) is 9.60. The number of methoxy groups -OCH3 is 1. The second kappa shape index (κ2) is 5.35. The van der Waals surface area contributed by atoms with Crippen molar-refractivity contribution in [1.29, 1.82) is 0 Å². The van der Waals surface area contributed by atoms with Crippen molar-refractivity contribution >= 4 is 25.3 Å². The maximum Gasteiger partial charge on any atom is 0.246 e. The lowest BCUT2D eigenvalue weighted by Crippen LogP contribution is -2.18. The summed E-state index contributed by atoms with van der Waals surface area (Å²) in [6, 6.07) is 1.70. The number of likely N-dealkylation sites (N-methyl/N-ethyl adjacent to an activating group) is 1. The van der Waals surface area contributed by atoms with Gasteiger partial charge in [-0.3, -0.25) is 4.79 Å². The molecule has 82 valence electrons. The Hall–Kier alpha value is -1.78. The van der Waals surface area contributed by atoms with Crippen molar-refractivity contribution in [2.24, 2.45) is 0 Å².